The lowest BCUT2D eigenvalue weighted by molar-refractivity contribution is 0.0789. The van der Waals surface area contributed by atoms with Crippen LogP contribution in [0.5, 0.6) is 0 Å². The van der Waals surface area contributed by atoms with Crippen LogP contribution in [0.4, 0.5) is 4.79 Å². The zero-order chi connectivity index (χ0) is 13.9. The standard InChI is InChI=1S/C16H31NO2/c1-3-5-6-8-11-15(4-2)14-19-16(18)17-12-9-7-10-13-17/h15H,3-14H2,1-2H3. The Morgan fingerprint density at radius 1 is 1.11 bits per heavy atom. The molecule has 1 fully saturated rings. The van der Waals surface area contributed by atoms with E-state index in [4.69, 9.17) is 4.74 Å². The van der Waals surface area contributed by atoms with E-state index in [1.165, 1.54) is 38.5 Å². The average molecular weight is 269 g/mol. The second kappa shape index (κ2) is 10.1. The molecule has 0 aromatic rings. The van der Waals surface area contributed by atoms with Crippen molar-refractivity contribution in [1.29, 1.82) is 0 Å². The summed E-state index contributed by atoms with van der Waals surface area (Å²) < 4.78 is 5.48. The summed E-state index contributed by atoms with van der Waals surface area (Å²) in [4.78, 5) is 13.8. The minimum atomic E-state index is -0.0910. The van der Waals surface area contributed by atoms with Gasteiger partial charge in [-0.2, -0.15) is 0 Å². The maximum atomic E-state index is 11.9. The number of rotatable bonds is 8. The van der Waals surface area contributed by atoms with Gasteiger partial charge in [-0.05, 0) is 31.6 Å². The fourth-order valence-electron chi connectivity index (χ4n) is 2.62. The van der Waals surface area contributed by atoms with Crippen molar-refractivity contribution in [3.63, 3.8) is 0 Å². The minimum Gasteiger partial charge on any atom is -0.449 e. The van der Waals surface area contributed by atoms with Crippen LogP contribution in [0.25, 0.3) is 0 Å². The van der Waals surface area contributed by atoms with E-state index in [-0.39, 0.29) is 6.09 Å². The van der Waals surface area contributed by atoms with Crippen molar-refractivity contribution in [2.24, 2.45) is 5.92 Å². The Balaban J connectivity index is 2.14. The summed E-state index contributed by atoms with van der Waals surface area (Å²) in [5.74, 6) is 0.547. The highest BCUT2D eigenvalue weighted by molar-refractivity contribution is 5.67. The van der Waals surface area contributed by atoms with E-state index >= 15 is 0 Å². The lowest BCUT2D eigenvalue weighted by Gasteiger charge is -2.26. The molecule has 0 radical (unpaired) electrons. The van der Waals surface area contributed by atoms with Crippen molar-refractivity contribution in [1.82, 2.24) is 4.90 Å². The number of carbonyl (C=O) groups is 1. The maximum Gasteiger partial charge on any atom is 0.409 e. The van der Waals surface area contributed by atoms with Gasteiger partial charge in [0, 0.05) is 13.1 Å². The third-order valence-corrected chi connectivity index (χ3v) is 4.10. The Morgan fingerprint density at radius 3 is 2.47 bits per heavy atom. The van der Waals surface area contributed by atoms with Crippen LogP contribution in [0.2, 0.25) is 0 Å². The summed E-state index contributed by atoms with van der Waals surface area (Å²) in [6.07, 6.45) is 10.9. The third kappa shape index (κ3) is 6.84. The SMILES string of the molecule is CCCCCCC(CC)COC(=O)N1CCCCC1. The molecule has 0 aliphatic carbocycles. The fraction of sp³-hybridized carbons (Fsp3) is 0.938. The monoisotopic (exact) mass is 269 g/mol. The number of likely N-dealkylation sites (tertiary alicyclic amines) is 1. The molecule has 0 aromatic heterocycles. The highest BCUT2D eigenvalue weighted by atomic mass is 16.6. The van der Waals surface area contributed by atoms with E-state index < -0.39 is 0 Å². The van der Waals surface area contributed by atoms with E-state index in [0.29, 0.717) is 12.5 Å². The normalized spacial score (nSPS) is 17.3. The largest absolute Gasteiger partial charge is 0.449 e. The van der Waals surface area contributed by atoms with E-state index in [1.807, 2.05) is 4.90 Å². The molecule has 1 atom stereocenters. The van der Waals surface area contributed by atoms with Gasteiger partial charge in [-0.1, -0.05) is 46.0 Å². The number of ether oxygens (including phenoxy) is 1. The number of unbranched alkanes of at least 4 members (excludes halogenated alkanes) is 3. The van der Waals surface area contributed by atoms with Crippen molar-refractivity contribution in [3.8, 4) is 0 Å². The first kappa shape index (κ1) is 16.3. The Kier molecular flexibility index (Phi) is 8.68. The summed E-state index contributed by atoms with van der Waals surface area (Å²) in [6.45, 7) is 6.80. The van der Waals surface area contributed by atoms with Crippen LogP contribution >= 0.6 is 0 Å². The predicted molar refractivity (Wildman–Crippen MR) is 79.3 cm³/mol. The molecule has 0 N–H and O–H groups in total. The molecule has 3 heteroatoms. The van der Waals surface area contributed by atoms with Gasteiger partial charge in [-0.15, -0.1) is 0 Å². The molecule has 1 rings (SSSR count). The summed E-state index contributed by atoms with van der Waals surface area (Å²) >= 11 is 0. The van der Waals surface area contributed by atoms with E-state index in [1.54, 1.807) is 0 Å². The molecule has 0 bridgehead atoms. The van der Waals surface area contributed by atoms with Crippen molar-refractivity contribution in [2.75, 3.05) is 19.7 Å². The van der Waals surface area contributed by atoms with Gasteiger partial charge in [0.05, 0.1) is 6.61 Å². The van der Waals surface area contributed by atoms with Gasteiger partial charge in [-0.25, -0.2) is 4.79 Å². The fourth-order valence-corrected chi connectivity index (χ4v) is 2.62. The molecule has 1 amide bonds. The topological polar surface area (TPSA) is 29.5 Å². The van der Waals surface area contributed by atoms with E-state index in [9.17, 15) is 4.79 Å². The first-order chi connectivity index (χ1) is 9.27. The number of carbonyl (C=O) groups excluding carboxylic acids is 1. The predicted octanol–water partition coefficient (Wildman–Crippen LogP) is 4.61. The molecule has 3 nitrogen and oxygen atoms in total. The lowest BCUT2D eigenvalue weighted by atomic mass is 9.99. The van der Waals surface area contributed by atoms with Gasteiger partial charge in [0.1, 0.15) is 0 Å². The summed E-state index contributed by atoms with van der Waals surface area (Å²) in [5.41, 5.74) is 0. The molecule has 1 aliphatic heterocycles. The van der Waals surface area contributed by atoms with Crippen LogP contribution in [0.1, 0.15) is 71.6 Å². The smallest absolute Gasteiger partial charge is 0.409 e. The second-order valence-electron chi connectivity index (χ2n) is 5.75. The Labute approximate surface area is 118 Å². The van der Waals surface area contributed by atoms with E-state index in [0.717, 1.165) is 32.4 Å². The highest BCUT2D eigenvalue weighted by Gasteiger charge is 2.18. The zero-order valence-corrected chi connectivity index (χ0v) is 12.8. The number of hydrogen-bond acceptors (Lipinski definition) is 2. The maximum absolute atomic E-state index is 11.9. The molecule has 1 saturated heterocycles. The van der Waals surface area contributed by atoms with Crippen LogP contribution < -0.4 is 0 Å². The molecule has 0 saturated carbocycles. The lowest BCUT2D eigenvalue weighted by Crippen LogP contribution is -2.36. The van der Waals surface area contributed by atoms with Crippen LogP contribution in [0.15, 0.2) is 0 Å². The molecular formula is C16H31NO2. The van der Waals surface area contributed by atoms with Crippen molar-refractivity contribution in [3.05, 3.63) is 0 Å². The van der Waals surface area contributed by atoms with Gasteiger partial charge in [-0.3, -0.25) is 0 Å². The second-order valence-corrected chi connectivity index (χ2v) is 5.75. The minimum absolute atomic E-state index is 0.0910. The summed E-state index contributed by atoms with van der Waals surface area (Å²) in [7, 11) is 0. The molecule has 1 aliphatic rings. The van der Waals surface area contributed by atoms with E-state index in [2.05, 4.69) is 13.8 Å². The van der Waals surface area contributed by atoms with Crippen LogP contribution in [0.3, 0.4) is 0 Å². The van der Waals surface area contributed by atoms with Crippen LogP contribution in [0, 0.1) is 5.92 Å². The molecule has 1 heterocycles. The quantitative estimate of drug-likeness (QED) is 0.602. The van der Waals surface area contributed by atoms with Gasteiger partial charge in [0.2, 0.25) is 0 Å². The molecular weight excluding hydrogens is 238 g/mol. The number of hydrogen-bond donors (Lipinski definition) is 0. The van der Waals surface area contributed by atoms with Gasteiger partial charge < -0.3 is 9.64 Å². The van der Waals surface area contributed by atoms with Crippen molar-refractivity contribution < 1.29 is 9.53 Å². The first-order valence-corrected chi connectivity index (χ1v) is 8.19. The highest BCUT2D eigenvalue weighted by Crippen LogP contribution is 2.16. The molecule has 1 unspecified atom stereocenters. The third-order valence-electron chi connectivity index (χ3n) is 4.10. The number of nitrogens with zero attached hydrogens (tertiary/aromatic N) is 1. The van der Waals surface area contributed by atoms with Crippen molar-refractivity contribution >= 4 is 6.09 Å². The molecule has 0 aromatic carbocycles. The average Bonchev–Trinajstić information content (AvgIpc) is 2.47. The first-order valence-electron chi connectivity index (χ1n) is 8.19. The van der Waals surface area contributed by atoms with Gasteiger partial charge in [0.15, 0.2) is 0 Å². The Bertz CT molecular complexity index is 237. The Hall–Kier alpha value is -0.730. The zero-order valence-electron chi connectivity index (χ0n) is 12.8. The van der Waals surface area contributed by atoms with Crippen LogP contribution in [-0.4, -0.2) is 30.7 Å². The van der Waals surface area contributed by atoms with Crippen molar-refractivity contribution in [2.45, 2.75) is 71.6 Å². The Morgan fingerprint density at radius 2 is 1.84 bits per heavy atom. The number of piperidine rings is 1. The summed E-state index contributed by atoms with van der Waals surface area (Å²) in [5, 5.41) is 0. The molecule has 112 valence electrons. The van der Waals surface area contributed by atoms with Gasteiger partial charge >= 0.3 is 6.09 Å². The number of amides is 1. The van der Waals surface area contributed by atoms with Crippen LogP contribution in [-0.2, 0) is 4.74 Å². The van der Waals surface area contributed by atoms with Gasteiger partial charge in [0.25, 0.3) is 0 Å². The molecule has 19 heavy (non-hydrogen) atoms. The summed E-state index contributed by atoms with van der Waals surface area (Å²) in [6, 6.07) is 0. The molecule has 0 spiro atoms.